The van der Waals surface area contributed by atoms with Crippen LogP contribution in [0.5, 0.6) is 0 Å². The lowest BCUT2D eigenvalue weighted by Crippen LogP contribution is -2.53. The van der Waals surface area contributed by atoms with E-state index in [0.29, 0.717) is 11.7 Å². The van der Waals surface area contributed by atoms with E-state index in [9.17, 15) is 10.1 Å². The van der Waals surface area contributed by atoms with Crippen LogP contribution in [0.15, 0.2) is 6.20 Å². The van der Waals surface area contributed by atoms with E-state index >= 15 is 0 Å². The average molecular weight is 266 g/mol. The average Bonchev–Trinajstić information content (AvgIpc) is 2.70. The third kappa shape index (κ3) is 2.12. The molecule has 7 nitrogen and oxygen atoms in total. The van der Waals surface area contributed by atoms with Crippen molar-refractivity contribution < 1.29 is 9.66 Å². The molecule has 2 aliphatic rings. The molecular weight excluding hydrogens is 248 g/mol. The van der Waals surface area contributed by atoms with Crippen LogP contribution in [0.1, 0.15) is 31.1 Å². The van der Waals surface area contributed by atoms with Crippen molar-refractivity contribution in [2.75, 3.05) is 19.8 Å². The maximum atomic E-state index is 10.9. The van der Waals surface area contributed by atoms with Crippen molar-refractivity contribution >= 4 is 5.69 Å². The van der Waals surface area contributed by atoms with Crippen LogP contribution in [0.25, 0.3) is 0 Å². The summed E-state index contributed by atoms with van der Waals surface area (Å²) < 4.78 is 7.08. The summed E-state index contributed by atoms with van der Waals surface area (Å²) in [6, 6.07) is 0.438. The van der Waals surface area contributed by atoms with E-state index in [-0.39, 0.29) is 16.8 Å². The van der Waals surface area contributed by atoms with Crippen LogP contribution in [0.4, 0.5) is 5.69 Å². The quantitative estimate of drug-likeness (QED) is 0.612. The van der Waals surface area contributed by atoms with Crippen LogP contribution in [-0.4, -0.2) is 45.4 Å². The molecule has 2 aliphatic heterocycles. The van der Waals surface area contributed by atoms with Gasteiger partial charge in [-0.15, -0.1) is 0 Å². The molecule has 0 bridgehead atoms. The van der Waals surface area contributed by atoms with Gasteiger partial charge in [-0.1, -0.05) is 0 Å². The summed E-state index contributed by atoms with van der Waals surface area (Å²) in [5.41, 5.74) is 0.748. The Morgan fingerprint density at radius 2 is 2.26 bits per heavy atom. The highest BCUT2D eigenvalue weighted by molar-refractivity contribution is 5.31. The van der Waals surface area contributed by atoms with E-state index < -0.39 is 0 Å². The molecule has 1 aromatic heterocycles. The van der Waals surface area contributed by atoms with Gasteiger partial charge in [0.15, 0.2) is 0 Å². The Kier molecular flexibility index (Phi) is 3.24. The summed E-state index contributed by atoms with van der Waals surface area (Å²) in [6.07, 6.45) is 4.81. The molecule has 0 radical (unpaired) electrons. The van der Waals surface area contributed by atoms with Gasteiger partial charge in [-0.3, -0.25) is 15.0 Å². The summed E-state index contributed by atoms with van der Waals surface area (Å²) in [7, 11) is 0. The van der Waals surface area contributed by atoms with Gasteiger partial charge in [-0.2, -0.15) is 5.10 Å². The number of rotatable bonds is 3. The summed E-state index contributed by atoms with van der Waals surface area (Å²) in [5.74, 6) is 0. The number of aromatic nitrogens is 2. The van der Waals surface area contributed by atoms with E-state index in [2.05, 4.69) is 10.00 Å². The van der Waals surface area contributed by atoms with E-state index in [1.165, 1.54) is 12.6 Å². The number of ether oxygens (including phenoxy) is 1. The Morgan fingerprint density at radius 3 is 2.84 bits per heavy atom. The van der Waals surface area contributed by atoms with Crippen molar-refractivity contribution in [2.24, 2.45) is 0 Å². The lowest BCUT2D eigenvalue weighted by atomic mass is 10.0. The molecule has 0 N–H and O–H groups in total. The number of likely N-dealkylation sites (tertiary alicyclic amines) is 1. The lowest BCUT2D eigenvalue weighted by molar-refractivity contribution is -0.385. The number of hydrogen-bond acceptors (Lipinski definition) is 5. The zero-order chi connectivity index (χ0) is 13.4. The Balaban J connectivity index is 1.87. The Bertz CT molecular complexity index is 483. The van der Waals surface area contributed by atoms with E-state index in [1.807, 2.05) is 4.68 Å². The molecule has 1 unspecified atom stereocenters. The Labute approximate surface area is 111 Å². The summed E-state index contributed by atoms with van der Waals surface area (Å²) in [6.45, 7) is 4.32. The van der Waals surface area contributed by atoms with Crippen LogP contribution in [0.2, 0.25) is 0 Å². The van der Waals surface area contributed by atoms with Crippen molar-refractivity contribution in [3.63, 3.8) is 0 Å². The Hall–Kier alpha value is -1.47. The molecule has 3 heterocycles. The highest BCUT2D eigenvalue weighted by Gasteiger charge is 2.36. The van der Waals surface area contributed by atoms with Crippen LogP contribution >= 0.6 is 0 Å². The summed E-state index contributed by atoms with van der Waals surface area (Å²) in [5, 5.41) is 15.2. The van der Waals surface area contributed by atoms with Crippen LogP contribution in [0.3, 0.4) is 0 Å². The minimum atomic E-state index is -0.363. The zero-order valence-corrected chi connectivity index (χ0v) is 11.0. The van der Waals surface area contributed by atoms with Gasteiger partial charge in [0.2, 0.25) is 0 Å². The van der Waals surface area contributed by atoms with Crippen LogP contribution in [0, 0.1) is 17.0 Å². The number of hydrogen-bond donors (Lipinski definition) is 0. The van der Waals surface area contributed by atoms with Crippen LogP contribution < -0.4 is 0 Å². The van der Waals surface area contributed by atoms with E-state index in [4.69, 9.17) is 4.74 Å². The molecule has 104 valence electrons. The highest BCUT2D eigenvalue weighted by atomic mass is 16.6. The van der Waals surface area contributed by atoms with Gasteiger partial charge in [0, 0.05) is 6.54 Å². The largest absolute Gasteiger partial charge is 0.378 e. The maximum Gasteiger partial charge on any atom is 0.309 e. The van der Waals surface area contributed by atoms with Gasteiger partial charge in [-0.25, -0.2) is 4.68 Å². The minimum Gasteiger partial charge on any atom is -0.378 e. The minimum absolute atomic E-state index is 0.107. The first-order valence-electron chi connectivity index (χ1n) is 6.70. The monoisotopic (exact) mass is 266 g/mol. The summed E-state index contributed by atoms with van der Waals surface area (Å²) >= 11 is 0. The predicted octanol–water partition coefficient (Wildman–Crippen LogP) is 1.48. The fraction of sp³-hybridized carbons (Fsp3) is 0.750. The molecule has 2 fully saturated rings. The first kappa shape index (κ1) is 12.6. The predicted molar refractivity (Wildman–Crippen MR) is 67.8 cm³/mol. The van der Waals surface area contributed by atoms with Gasteiger partial charge in [0.05, 0.1) is 24.2 Å². The molecule has 0 spiro atoms. The molecule has 1 atom stereocenters. The normalized spacial score (nSPS) is 25.2. The molecule has 7 heteroatoms. The van der Waals surface area contributed by atoms with Crippen molar-refractivity contribution in [2.45, 2.75) is 38.4 Å². The second-order valence-electron chi connectivity index (χ2n) is 5.22. The topological polar surface area (TPSA) is 73.4 Å². The first-order valence-corrected chi connectivity index (χ1v) is 6.70. The number of piperidine rings is 1. The van der Waals surface area contributed by atoms with Gasteiger partial charge < -0.3 is 4.74 Å². The van der Waals surface area contributed by atoms with Gasteiger partial charge in [0.25, 0.3) is 0 Å². The standard InChI is InChI=1S/C12H18N4O3/c1-9-11(16(17)18)6-13-15(9)12-4-2-3-5-14(12)10-7-19-8-10/h6,10,12H,2-5,7-8H2,1H3. The molecule has 1 aromatic rings. The molecular formula is C12H18N4O3. The van der Waals surface area contributed by atoms with Gasteiger partial charge in [0.1, 0.15) is 18.1 Å². The van der Waals surface area contributed by atoms with Crippen molar-refractivity contribution in [1.29, 1.82) is 0 Å². The van der Waals surface area contributed by atoms with Gasteiger partial charge >= 0.3 is 5.69 Å². The number of nitro groups is 1. The second-order valence-corrected chi connectivity index (χ2v) is 5.22. The molecule has 3 rings (SSSR count). The molecule has 0 aromatic carbocycles. The third-order valence-corrected chi connectivity index (χ3v) is 4.10. The van der Waals surface area contributed by atoms with Crippen molar-refractivity contribution in [3.05, 3.63) is 22.0 Å². The van der Waals surface area contributed by atoms with Crippen molar-refractivity contribution in [1.82, 2.24) is 14.7 Å². The Morgan fingerprint density at radius 1 is 1.47 bits per heavy atom. The second kappa shape index (κ2) is 4.90. The van der Waals surface area contributed by atoms with Crippen LogP contribution in [-0.2, 0) is 4.74 Å². The summed E-state index contributed by atoms with van der Waals surface area (Å²) in [4.78, 5) is 12.9. The zero-order valence-electron chi connectivity index (χ0n) is 11.0. The SMILES string of the molecule is Cc1c([N+](=O)[O-])cnn1C1CCCCN1C1COC1. The van der Waals surface area contributed by atoms with Gasteiger partial charge in [-0.05, 0) is 26.2 Å². The fourth-order valence-corrected chi connectivity index (χ4v) is 2.93. The van der Waals surface area contributed by atoms with Crippen molar-refractivity contribution in [3.8, 4) is 0 Å². The van der Waals surface area contributed by atoms with E-state index in [0.717, 1.165) is 32.6 Å². The molecule has 0 amide bonds. The van der Waals surface area contributed by atoms with E-state index in [1.54, 1.807) is 6.92 Å². The highest BCUT2D eigenvalue weighted by Crippen LogP contribution is 2.32. The molecule has 0 saturated carbocycles. The molecule has 0 aliphatic carbocycles. The molecule has 2 saturated heterocycles. The fourth-order valence-electron chi connectivity index (χ4n) is 2.93. The smallest absolute Gasteiger partial charge is 0.309 e. The lowest BCUT2D eigenvalue weighted by Gasteiger charge is -2.44. The third-order valence-electron chi connectivity index (χ3n) is 4.10. The molecule has 19 heavy (non-hydrogen) atoms. The number of nitrogens with zero attached hydrogens (tertiary/aromatic N) is 4. The first-order chi connectivity index (χ1) is 9.18. The maximum absolute atomic E-state index is 10.9.